The summed E-state index contributed by atoms with van der Waals surface area (Å²) < 4.78 is 10.6. The van der Waals surface area contributed by atoms with Crippen molar-refractivity contribution in [3.8, 4) is 0 Å². The number of carbonyl (C=O) groups is 1. The zero-order valence-electron chi connectivity index (χ0n) is 10.9. The van der Waals surface area contributed by atoms with E-state index < -0.39 is 0 Å². The number of rotatable bonds is 6. The Balaban J connectivity index is 1.98. The van der Waals surface area contributed by atoms with Crippen LogP contribution in [0.2, 0.25) is 0 Å². The van der Waals surface area contributed by atoms with Crippen LogP contribution < -0.4 is 5.32 Å². The number of oxazole rings is 1. The van der Waals surface area contributed by atoms with Gasteiger partial charge in [0, 0.05) is 5.75 Å². The lowest BCUT2D eigenvalue weighted by atomic mass is 10.3. The Morgan fingerprint density at radius 2 is 2.32 bits per heavy atom. The second-order valence-corrected chi connectivity index (χ2v) is 4.82. The first-order valence-electron chi connectivity index (χ1n) is 6.07. The summed E-state index contributed by atoms with van der Waals surface area (Å²) in [6, 6.07) is 7.21. The lowest BCUT2D eigenvalue weighted by Crippen LogP contribution is -2.37. The summed E-state index contributed by atoms with van der Waals surface area (Å²) in [5.74, 6) is 0.260. The monoisotopic (exact) mass is 280 g/mol. The fourth-order valence-electron chi connectivity index (χ4n) is 1.58. The topological polar surface area (TPSA) is 64.4 Å². The Bertz CT molecular complexity index is 523. The highest BCUT2D eigenvalue weighted by Gasteiger charge is 2.19. The van der Waals surface area contributed by atoms with E-state index in [2.05, 4.69) is 10.3 Å². The van der Waals surface area contributed by atoms with Crippen LogP contribution in [-0.4, -0.2) is 36.4 Å². The number of benzene rings is 1. The Morgan fingerprint density at radius 1 is 1.53 bits per heavy atom. The summed E-state index contributed by atoms with van der Waals surface area (Å²) in [6.07, 6.45) is 0. The minimum atomic E-state index is -0.361. The molecule has 0 aliphatic rings. The van der Waals surface area contributed by atoms with Crippen LogP contribution in [0.1, 0.15) is 6.92 Å². The van der Waals surface area contributed by atoms with E-state index in [4.69, 9.17) is 9.15 Å². The highest BCUT2D eigenvalue weighted by molar-refractivity contribution is 7.99. The number of hydrogen-bond acceptors (Lipinski definition) is 6. The SMILES string of the molecule is CCOC(=O)C(CSc1nc2ccccc2o1)NC. The lowest BCUT2D eigenvalue weighted by molar-refractivity contribution is -0.144. The molecule has 0 amide bonds. The molecule has 19 heavy (non-hydrogen) atoms. The minimum Gasteiger partial charge on any atom is -0.465 e. The molecule has 6 heteroatoms. The van der Waals surface area contributed by atoms with Gasteiger partial charge >= 0.3 is 5.97 Å². The van der Waals surface area contributed by atoms with Crippen molar-refractivity contribution in [2.24, 2.45) is 0 Å². The molecule has 0 aliphatic carbocycles. The largest absolute Gasteiger partial charge is 0.465 e. The Hall–Kier alpha value is -1.53. The third-order valence-corrected chi connectivity index (χ3v) is 3.49. The number of para-hydroxylation sites is 2. The Kier molecular flexibility index (Phi) is 4.81. The van der Waals surface area contributed by atoms with Gasteiger partial charge in [-0.3, -0.25) is 4.79 Å². The van der Waals surface area contributed by atoms with Crippen molar-refractivity contribution in [3.05, 3.63) is 24.3 Å². The maximum absolute atomic E-state index is 11.6. The summed E-state index contributed by atoms with van der Waals surface area (Å²) in [5, 5.41) is 3.49. The van der Waals surface area contributed by atoms with Crippen molar-refractivity contribution >= 4 is 28.8 Å². The molecule has 1 aromatic heterocycles. The Morgan fingerprint density at radius 3 is 3.00 bits per heavy atom. The van der Waals surface area contributed by atoms with Crippen LogP contribution in [0.3, 0.4) is 0 Å². The highest BCUT2D eigenvalue weighted by Crippen LogP contribution is 2.23. The molecule has 0 saturated heterocycles. The highest BCUT2D eigenvalue weighted by atomic mass is 32.2. The first-order valence-corrected chi connectivity index (χ1v) is 7.05. The average Bonchev–Trinajstić information content (AvgIpc) is 2.82. The third-order valence-electron chi connectivity index (χ3n) is 2.57. The standard InChI is InChI=1S/C13H16N2O3S/c1-3-17-12(16)10(14-2)8-19-13-15-9-6-4-5-7-11(9)18-13/h4-7,10,14H,3,8H2,1-2H3. The first-order chi connectivity index (χ1) is 9.24. The minimum absolute atomic E-state index is 0.256. The first kappa shape index (κ1) is 13.9. The van der Waals surface area contributed by atoms with Crippen molar-refractivity contribution in [2.45, 2.75) is 18.2 Å². The van der Waals surface area contributed by atoms with Crippen molar-refractivity contribution in [1.29, 1.82) is 0 Å². The molecule has 0 radical (unpaired) electrons. The van der Waals surface area contributed by atoms with Gasteiger partial charge in [0.05, 0.1) is 6.61 Å². The molecule has 5 nitrogen and oxygen atoms in total. The normalized spacial score (nSPS) is 12.5. The molecule has 0 bridgehead atoms. The van der Waals surface area contributed by atoms with Gasteiger partial charge in [-0.2, -0.15) is 0 Å². The molecular weight excluding hydrogens is 264 g/mol. The maximum Gasteiger partial charge on any atom is 0.323 e. The van der Waals surface area contributed by atoms with Crippen LogP contribution in [0.4, 0.5) is 0 Å². The van der Waals surface area contributed by atoms with Crippen LogP contribution >= 0.6 is 11.8 Å². The number of fused-ring (bicyclic) bond motifs is 1. The van der Waals surface area contributed by atoms with E-state index in [-0.39, 0.29) is 12.0 Å². The van der Waals surface area contributed by atoms with Gasteiger partial charge in [-0.15, -0.1) is 0 Å². The molecule has 0 saturated carbocycles. The van der Waals surface area contributed by atoms with Crippen molar-refractivity contribution < 1.29 is 13.9 Å². The molecule has 1 unspecified atom stereocenters. The smallest absolute Gasteiger partial charge is 0.323 e. The summed E-state index contributed by atoms with van der Waals surface area (Å²) in [5.41, 5.74) is 1.57. The molecule has 0 fully saturated rings. The fraction of sp³-hybridized carbons (Fsp3) is 0.385. The second-order valence-electron chi connectivity index (χ2n) is 3.85. The predicted molar refractivity (Wildman–Crippen MR) is 74.2 cm³/mol. The molecule has 1 heterocycles. The molecule has 0 spiro atoms. The van der Waals surface area contributed by atoms with E-state index in [9.17, 15) is 4.79 Å². The number of likely N-dealkylation sites (N-methyl/N-ethyl adjacent to an activating group) is 1. The van der Waals surface area contributed by atoms with Gasteiger partial charge in [0.2, 0.25) is 0 Å². The van der Waals surface area contributed by atoms with E-state index in [0.717, 1.165) is 11.1 Å². The van der Waals surface area contributed by atoms with Gasteiger partial charge in [-0.05, 0) is 26.1 Å². The van der Waals surface area contributed by atoms with Crippen LogP contribution in [0.25, 0.3) is 11.1 Å². The van der Waals surface area contributed by atoms with Crippen molar-refractivity contribution in [1.82, 2.24) is 10.3 Å². The molecule has 0 aliphatic heterocycles. The zero-order chi connectivity index (χ0) is 13.7. The van der Waals surface area contributed by atoms with Crippen LogP contribution in [0, 0.1) is 0 Å². The molecule has 102 valence electrons. The van der Waals surface area contributed by atoms with Gasteiger partial charge in [0.25, 0.3) is 5.22 Å². The summed E-state index contributed by atoms with van der Waals surface area (Å²) >= 11 is 1.39. The Labute approximate surface area is 115 Å². The second kappa shape index (κ2) is 6.58. The van der Waals surface area contributed by atoms with Gasteiger partial charge < -0.3 is 14.5 Å². The number of hydrogen-bond donors (Lipinski definition) is 1. The van der Waals surface area contributed by atoms with E-state index in [1.54, 1.807) is 14.0 Å². The molecule has 2 rings (SSSR count). The number of aromatic nitrogens is 1. The predicted octanol–water partition coefficient (Wildman–Crippen LogP) is 2.07. The summed E-state index contributed by atoms with van der Waals surface area (Å²) in [6.45, 7) is 2.17. The number of nitrogens with one attached hydrogen (secondary N) is 1. The maximum atomic E-state index is 11.6. The number of thioether (sulfide) groups is 1. The van der Waals surface area contributed by atoms with Crippen LogP contribution in [-0.2, 0) is 9.53 Å². The number of nitrogens with zero attached hydrogens (tertiary/aromatic N) is 1. The number of esters is 1. The van der Waals surface area contributed by atoms with E-state index in [1.807, 2.05) is 24.3 Å². The number of ether oxygens (including phenoxy) is 1. The quantitative estimate of drug-likeness (QED) is 0.645. The number of carbonyl (C=O) groups excluding carboxylic acids is 1. The van der Waals surface area contributed by atoms with Crippen LogP contribution in [0.5, 0.6) is 0 Å². The van der Waals surface area contributed by atoms with Crippen LogP contribution in [0.15, 0.2) is 33.9 Å². The lowest BCUT2D eigenvalue weighted by Gasteiger charge is -2.12. The molecule has 2 aromatic rings. The van der Waals surface area contributed by atoms with Gasteiger partial charge in [-0.25, -0.2) is 4.98 Å². The van der Waals surface area contributed by atoms with E-state index in [0.29, 0.717) is 17.6 Å². The van der Waals surface area contributed by atoms with Gasteiger partial charge in [0.1, 0.15) is 11.6 Å². The molecular formula is C13H16N2O3S. The summed E-state index contributed by atoms with van der Waals surface area (Å²) in [4.78, 5) is 16.0. The van der Waals surface area contributed by atoms with Crippen molar-refractivity contribution in [2.75, 3.05) is 19.4 Å². The average molecular weight is 280 g/mol. The molecule has 1 N–H and O–H groups in total. The van der Waals surface area contributed by atoms with Gasteiger partial charge in [-0.1, -0.05) is 23.9 Å². The molecule has 1 atom stereocenters. The van der Waals surface area contributed by atoms with E-state index in [1.165, 1.54) is 11.8 Å². The zero-order valence-corrected chi connectivity index (χ0v) is 11.7. The third kappa shape index (κ3) is 3.48. The fourth-order valence-corrected chi connectivity index (χ4v) is 2.50. The van der Waals surface area contributed by atoms with E-state index >= 15 is 0 Å². The molecule has 1 aromatic carbocycles. The summed E-state index contributed by atoms with van der Waals surface area (Å²) in [7, 11) is 1.73. The van der Waals surface area contributed by atoms with Gasteiger partial charge in [0.15, 0.2) is 5.58 Å². The van der Waals surface area contributed by atoms with Crippen molar-refractivity contribution in [3.63, 3.8) is 0 Å².